The van der Waals surface area contributed by atoms with Crippen molar-refractivity contribution in [3.8, 4) is 5.75 Å². The summed E-state index contributed by atoms with van der Waals surface area (Å²) >= 11 is 0. The van der Waals surface area contributed by atoms with Crippen molar-refractivity contribution in [2.24, 2.45) is 5.92 Å². The molecule has 2 aromatic rings. The molecular weight excluding hydrogens is 520 g/mol. The van der Waals surface area contributed by atoms with Gasteiger partial charge in [0.1, 0.15) is 23.9 Å². The molecule has 2 aromatic carbocycles. The van der Waals surface area contributed by atoms with Crippen molar-refractivity contribution in [1.82, 2.24) is 20.9 Å². The van der Waals surface area contributed by atoms with E-state index >= 15 is 0 Å². The van der Waals surface area contributed by atoms with Gasteiger partial charge >= 0.3 is 0 Å². The number of nitrogens with one attached hydrogen (secondary N) is 3. The van der Waals surface area contributed by atoms with Gasteiger partial charge in [0, 0.05) is 26.6 Å². The Kier molecular flexibility index (Phi) is 9.25. The molecule has 1 saturated carbocycles. The zero-order valence-corrected chi connectivity index (χ0v) is 24.0. The van der Waals surface area contributed by atoms with Gasteiger partial charge in [-0.3, -0.25) is 14.4 Å². The van der Waals surface area contributed by atoms with Crippen LogP contribution in [-0.4, -0.2) is 78.2 Å². The van der Waals surface area contributed by atoms with Crippen LogP contribution in [0, 0.1) is 5.92 Å². The standard InChI is InChI=1S/C32H42N4O5/c1-20(37)28-31(39)35-26(18-21-8-4-3-5-9-21)30(38)33-17-7-12-23-10-6-11-24-15-16-25(41-29(23)24)19-34-27(22-13-14-22)32(40)36(28)2/h3-6,8-11,20,22,25-28,34,37H,7,12-19H2,1-2H3,(H,33,38)(H,35,39)/t20?,25?,26-,27+,28+/m1/s1. The Balaban J connectivity index is 1.43. The topological polar surface area (TPSA) is 120 Å². The van der Waals surface area contributed by atoms with Crippen molar-refractivity contribution in [3.63, 3.8) is 0 Å². The Morgan fingerprint density at radius 2 is 1.71 bits per heavy atom. The van der Waals surface area contributed by atoms with Crippen molar-refractivity contribution in [2.45, 2.75) is 82.2 Å². The molecule has 9 heteroatoms. The highest BCUT2D eigenvalue weighted by Crippen LogP contribution is 2.35. The highest BCUT2D eigenvalue weighted by Gasteiger charge is 2.42. The number of hydrogen-bond donors (Lipinski definition) is 4. The second-order valence-electron chi connectivity index (χ2n) is 11.7. The lowest BCUT2D eigenvalue weighted by Gasteiger charge is -2.34. The van der Waals surface area contributed by atoms with Crippen LogP contribution in [0.5, 0.6) is 5.75 Å². The van der Waals surface area contributed by atoms with E-state index in [2.05, 4.69) is 34.1 Å². The molecule has 4 N–H and O–H groups in total. The normalized spacial score (nSPS) is 27.1. The molecule has 2 heterocycles. The highest BCUT2D eigenvalue weighted by atomic mass is 16.5. The van der Waals surface area contributed by atoms with Crippen LogP contribution in [0.3, 0.4) is 0 Å². The third-order valence-corrected chi connectivity index (χ3v) is 8.45. The maximum absolute atomic E-state index is 13.8. The van der Waals surface area contributed by atoms with E-state index in [0.717, 1.165) is 55.4 Å². The Bertz CT molecular complexity index is 1230. The monoisotopic (exact) mass is 562 g/mol. The van der Waals surface area contributed by atoms with Gasteiger partial charge in [-0.05, 0) is 68.1 Å². The summed E-state index contributed by atoms with van der Waals surface area (Å²) in [5.74, 6) is 0.00459. The lowest BCUT2D eigenvalue weighted by Crippen LogP contribution is -2.60. The minimum absolute atomic E-state index is 0.0730. The zero-order valence-electron chi connectivity index (χ0n) is 24.0. The maximum atomic E-state index is 13.8. The van der Waals surface area contributed by atoms with Gasteiger partial charge in [0.05, 0.1) is 12.1 Å². The number of likely N-dealkylation sites (N-methyl/N-ethyl adjacent to an activating group) is 1. The van der Waals surface area contributed by atoms with Crippen LogP contribution in [0.1, 0.15) is 49.3 Å². The first kappa shape index (κ1) is 29.1. The van der Waals surface area contributed by atoms with E-state index in [4.69, 9.17) is 4.74 Å². The molecule has 41 heavy (non-hydrogen) atoms. The fourth-order valence-electron chi connectivity index (χ4n) is 6.02. The van der Waals surface area contributed by atoms with Gasteiger partial charge in [0.2, 0.25) is 17.7 Å². The van der Waals surface area contributed by atoms with Crippen molar-refractivity contribution in [2.75, 3.05) is 20.1 Å². The molecule has 1 aliphatic carbocycles. The Morgan fingerprint density at radius 3 is 2.41 bits per heavy atom. The summed E-state index contributed by atoms with van der Waals surface area (Å²) in [4.78, 5) is 42.1. The second-order valence-corrected chi connectivity index (χ2v) is 11.7. The van der Waals surface area contributed by atoms with E-state index in [9.17, 15) is 19.5 Å². The predicted molar refractivity (Wildman–Crippen MR) is 155 cm³/mol. The lowest BCUT2D eigenvalue weighted by molar-refractivity contribution is -0.145. The smallest absolute Gasteiger partial charge is 0.246 e. The molecule has 0 spiro atoms. The zero-order chi connectivity index (χ0) is 28.9. The first-order valence-corrected chi connectivity index (χ1v) is 14.9. The molecule has 1 fully saturated rings. The first-order valence-electron chi connectivity index (χ1n) is 14.9. The van der Waals surface area contributed by atoms with Gasteiger partial charge in [0.15, 0.2) is 0 Å². The van der Waals surface area contributed by atoms with Crippen LogP contribution in [0.4, 0.5) is 0 Å². The number of nitrogens with zero attached hydrogens (tertiary/aromatic N) is 1. The van der Waals surface area contributed by atoms with Crippen LogP contribution in [0.2, 0.25) is 0 Å². The number of ether oxygens (including phenoxy) is 1. The number of amides is 3. The minimum Gasteiger partial charge on any atom is -0.489 e. The fraction of sp³-hybridized carbons (Fsp3) is 0.531. The number of rotatable bonds is 4. The van der Waals surface area contributed by atoms with Gasteiger partial charge in [-0.25, -0.2) is 0 Å². The molecule has 5 rings (SSSR count). The summed E-state index contributed by atoms with van der Waals surface area (Å²) in [6.45, 7) is 2.46. The quantitative estimate of drug-likeness (QED) is 0.451. The number of aliphatic hydroxyl groups excluding tert-OH is 1. The lowest BCUT2D eigenvalue weighted by atomic mass is 9.96. The first-order chi connectivity index (χ1) is 19.8. The minimum atomic E-state index is -1.14. The van der Waals surface area contributed by atoms with Gasteiger partial charge in [-0.1, -0.05) is 48.5 Å². The molecule has 0 radical (unpaired) electrons. The molecule has 2 bridgehead atoms. The van der Waals surface area contributed by atoms with E-state index < -0.39 is 30.1 Å². The summed E-state index contributed by atoms with van der Waals surface area (Å²) in [6, 6.07) is 13.3. The fourth-order valence-corrected chi connectivity index (χ4v) is 6.02. The van der Waals surface area contributed by atoms with Crippen LogP contribution in [0.25, 0.3) is 0 Å². The predicted octanol–water partition coefficient (Wildman–Crippen LogP) is 1.75. The second kappa shape index (κ2) is 13.0. The third-order valence-electron chi connectivity index (χ3n) is 8.45. The van der Waals surface area contributed by atoms with E-state index in [1.807, 2.05) is 30.3 Å². The van der Waals surface area contributed by atoms with Gasteiger partial charge in [-0.2, -0.15) is 0 Å². The van der Waals surface area contributed by atoms with Crippen LogP contribution in [0.15, 0.2) is 48.5 Å². The Morgan fingerprint density at radius 1 is 0.976 bits per heavy atom. The number of aliphatic hydroxyl groups is 1. The number of benzene rings is 2. The number of hydrogen-bond acceptors (Lipinski definition) is 6. The van der Waals surface area contributed by atoms with Crippen molar-refractivity contribution < 1.29 is 24.2 Å². The van der Waals surface area contributed by atoms with Crippen LogP contribution in [-0.2, 0) is 33.6 Å². The molecular formula is C32H42N4O5. The molecule has 0 aromatic heterocycles. The summed E-state index contributed by atoms with van der Waals surface area (Å²) in [5.41, 5.74) is 3.21. The maximum Gasteiger partial charge on any atom is 0.246 e. The number of fused-ring (bicyclic) bond motifs is 1. The van der Waals surface area contributed by atoms with Crippen LogP contribution < -0.4 is 20.7 Å². The van der Waals surface area contributed by atoms with E-state index in [-0.39, 0.29) is 30.3 Å². The molecule has 2 unspecified atom stereocenters. The average molecular weight is 563 g/mol. The van der Waals surface area contributed by atoms with Gasteiger partial charge in [0.25, 0.3) is 0 Å². The molecule has 3 aliphatic rings. The molecule has 3 amide bonds. The highest BCUT2D eigenvalue weighted by molar-refractivity contribution is 5.93. The summed E-state index contributed by atoms with van der Waals surface area (Å²) in [7, 11) is 1.56. The summed E-state index contributed by atoms with van der Waals surface area (Å²) in [5, 5.41) is 20.0. The molecule has 0 saturated heterocycles. The van der Waals surface area contributed by atoms with Gasteiger partial charge < -0.3 is 30.7 Å². The molecule has 5 atom stereocenters. The largest absolute Gasteiger partial charge is 0.489 e. The third kappa shape index (κ3) is 7.08. The van der Waals surface area contributed by atoms with Crippen molar-refractivity contribution >= 4 is 17.7 Å². The Labute approximate surface area is 242 Å². The molecule has 9 nitrogen and oxygen atoms in total. The van der Waals surface area contributed by atoms with Crippen LogP contribution >= 0.6 is 0 Å². The van der Waals surface area contributed by atoms with Crippen molar-refractivity contribution in [3.05, 3.63) is 65.2 Å². The molecule has 220 valence electrons. The van der Waals surface area contributed by atoms with E-state index in [0.29, 0.717) is 13.1 Å². The van der Waals surface area contributed by atoms with Gasteiger partial charge in [-0.15, -0.1) is 0 Å². The summed E-state index contributed by atoms with van der Waals surface area (Å²) < 4.78 is 6.47. The molecule has 2 aliphatic heterocycles. The number of carbonyl (C=O) groups excluding carboxylic acids is 3. The van der Waals surface area contributed by atoms with E-state index in [1.165, 1.54) is 17.4 Å². The number of aryl methyl sites for hydroxylation is 2. The number of para-hydroxylation sites is 1. The number of carbonyl (C=O) groups is 3. The SMILES string of the molecule is CC(O)[C@H]1C(=O)N[C@H](Cc2ccccc2)C(=O)NCCCc2cccc3c2OC(CC3)CN[C@@H](C2CC2)C(=O)N1C. The summed E-state index contributed by atoms with van der Waals surface area (Å²) in [6.07, 6.45) is 4.16. The van der Waals surface area contributed by atoms with Crippen molar-refractivity contribution in [1.29, 1.82) is 0 Å². The average Bonchev–Trinajstić information content (AvgIpc) is 3.80. The van der Waals surface area contributed by atoms with E-state index in [1.54, 1.807) is 7.05 Å². The Hall–Kier alpha value is -3.43.